The van der Waals surface area contributed by atoms with Crippen molar-refractivity contribution in [3.8, 4) is 55.6 Å². The molecule has 0 saturated carbocycles. The Bertz CT molecular complexity index is 3830. The Labute approximate surface area is 409 Å². The Morgan fingerprint density at radius 1 is 0.243 bits per heavy atom. The first kappa shape index (κ1) is 41.2. The van der Waals surface area contributed by atoms with Crippen LogP contribution in [0.5, 0.6) is 0 Å². The predicted octanol–water partition coefficient (Wildman–Crippen LogP) is 18.5. The van der Waals surface area contributed by atoms with Crippen molar-refractivity contribution in [3.05, 3.63) is 307 Å². The monoisotopic (exact) mass is 889 g/mol. The molecule has 12 aromatic carbocycles. The molecule has 1 nitrogen and oxygen atoms in total. The molecule has 0 heterocycles. The van der Waals surface area contributed by atoms with Crippen molar-refractivity contribution >= 4 is 38.6 Å². The molecule has 0 aromatic heterocycles. The summed E-state index contributed by atoms with van der Waals surface area (Å²) in [4.78, 5) is 2.47. The molecule has 0 saturated heterocycles. The third-order valence-electron chi connectivity index (χ3n) is 14.6. The van der Waals surface area contributed by atoms with Gasteiger partial charge in [-0.15, -0.1) is 0 Å². The van der Waals surface area contributed by atoms with E-state index in [2.05, 4.69) is 290 Å². The number of nitrogens with zero attached hydrogens (tertiary/aromatic N) is 1. The van der Waals surface area contributed by atoms with Crippen molar-refractivity contribution in [2.45, 2.75) is 5.41 Å². The molecule has 70 heavy (non-hydrogen) atoms. The molecule has 12 aromatic rings. The minimum absolute atomic E-state index is 0.583. The van der Waals surface area contributed by atoms with Gasteiger partial charge in [-0.3, -0.25) is 0 Å². The van der Waals surface area contributed by atoms with Crippen LogP contribution < -0.4 is 4.90 Å². The van der Waals surface area contributed by atoms with Gasteiger partial charge in [0.25, 0.3) is 0 Å². The Balaban J connectivity index is 0.983. The molecule has 0 spiro atoms. The number of fused-ring (bicyclic) bond motifs is 5. The molecular weight excluding hydrogens is 843 g/mol. The van der Waals surface area contributed by atoms with Crippen LogP contribution in [0.2, 0.25) is 0 Å². The van der Waals surface area contributed by atoms with Crippen LogP contribution in [0.25, 0.3) is 77.2 Å². The average Bonchev–Trinajstić information content (AvgIpc) is 3.75. The van der Waals surface area contributed by atoms with Crippen LogP contribution in [0.4, 0.5) is 17.1 Å². The van der Waals surface area contributed by atoms with Gasteiger partial charge in [-0.25, -0.2) is 0 Å². The van der Waals surface area contributed by atoms with E-state index in [1.807, 2.05) is 0 Å². The number of hydrogen-bond donors (Lipinski definition) is 0. The number of hydrogen-bond acceptors (Lipinski definition) is 1. The normalized spacial score (nSPS) is 13.8. The molecule has 0 bridgehead atoms. The number of anilines is 3. The van der Waals surface area contributed by atoms with Crippen LogP contribution in [-0.2, 0) is 5.41 Å². The second kappa shape index (κ2) is 17.2. The van der Waals surface area contributed by atoms with Crippen molar-refractivity contribution in [2.75, 3.05) is 4.90 Å². The van der Waals surface area contributed by atoms with Gasteiger partial charge in [0.15, 0.2) is 0 Å². The zero-order valence-corrected chi connectivity index (χ0v) is 38.6. The van der Waals surface area contributed by atoms with Crippen molar-refractivity contribution in [1.29, 1.82) is 0 Å². The van der Waals surface area contributed by atoms with Gasteiger partial charge in [0.1, 0.15) is 0 Å². The Morgan fingerprint density at radius 3 is 1.21 bits per heavy atom. The van der Waals surface area contributed by atoms with Crippen LogP contribution in [0.1, 0.15) is 22.3 Å². The van der Waals surface area contributed by atoms with Gasteiger partial charge in [0, 0.05) is 16.9 Å². The molecule has 0 amide bonds. The van der Waals surface area contributed by atoms with E-state index in [9.17, 15) is 0 Å². The quantitative estimate of drug-likeness (QED) is 0.140. The Morgan fingerprint density at radius 2 is 0.629 bits per heavy atom. The van der Waals surface area contributed by atoms with E-state index >= 15 is 0 Å². The second-order valence-electron chi connectivity index (χ2n) is 18.4. The first-order valence-electron chi connectivity index (χ1n) is 24.2. The number of benzene rings is 12. The molecule has 13 rings (SSSR count). The minimum Gasteiger partial charge on any atom is -0.310 e. The van der Waals surface area contributed by atoms with Crippen molar-refractivity contribution in [3.63, 3.8) is 0 Å². The van der Waals surface area contributed by atoms with Gasteiger partial charge in [-0.1, -0.05) is 255 Å². The van der Waals surface area contributed by atoms with E-state index in [-0.39, 0.29) is 0 Å². The topological polar surface area (TPSA) is 3.24 Å². The van der Waals surface area contributed by atoms with Crippen molar-refractivity contribution in [1.82, 2.24) is 0 Å². The summed E-state index contributed by atoms with van der Waals surface area (Å²) in [6.45, 7) is 0. The lowest BCUT2D eigenvalue weighted by Gasteiger charge is -2.34. The second-order valence-corrected chi connectivity index (χ2v) is 18.4. The summed E-state index contributed by atoms with van der Waals surface area (Å²) < 4.78 is 0. The zero-order chi connectivity index (χ0) is 46.4. The Kier molecular flexibility index (Phi) is 10.1. The maximum atomic E-state index is 2.47. The Hall–Kier alpha value is -9.04. The smallest absolute Gasteiger partial charge is 0.0714 e. The number of rotatable bonds is 9. The lowest BCUT2D eigenvalue weighted by Crippen LogP contribution is -2.28. The largest absolute Gasteiger partial charge is 0.310 e. The summed E-state index contributed by atoms with van der Waals surface area (Å²) in [7, 11) is 0. The van der Waals surface area contributed by atoms with E-state index in [4.69, 9.17) is 0 Å². The molecule has 328 valence electrons. The molecule has 0 fully saturated rings. The van der Waals surface area contributed by atoms with Crippen LogP contribution in [0, 0.1) is 0 Å². The van der Waals surface area contributed by atoms with Gasteiger partial charge in [-0.2, -0.15) is 0 Å². The maximum absolute atomic E-state index is 2.47. The first-order chi connectivity index (χ1) is 34.7. The van der Waals surface area contributed by atoms with Crippen LogP contribution >= 0.6 is 0 Å². The summed E-state index contributed by atoms with van der Waals surface area (Å²) in [5.74, 6) is 0. The van der Waals surface area contributed by atoms with Gasteiger partial charge in [-0.05, 0) is 124 Å². The van der Waals surface area contributed by atoms with E-state index in [0.29, 0.717) is 0 Å². The van der Waals surface area contributed by atoms with Gasteiger partial charge < -0.3 is 4.90 Å². The molecule has 1 aliphatic carbocycles. The maximum Gasteiger partial charge on any atom is 0.0714 e. The van der Waals surface area contributed by atoms with E-state index < -0.39 is 5.41 Å². The van der Waals surface area contributed by atoms with E-state index in [1.54, 1.807) is 0 Å². The third-order valence-corrected chi connectivity index (χ3v) is 14.6. The first-order valence-corrected chi connectivity index (χ1v) is 24.2. The van der Waals surface area contributed by atoms with E-state index in [1.165, 1.54) is 99.4 Å². The van der Waals surface area contributed by atoms with Gasteiger partial charge in [0.2, 0.25) is 0 Å². The highest BCUT2D eigenvalue weighted by Crippen LogP contribution is 2.59. The fraction of sp³-hybridized carbons (Fsp3) is 0.0145. The van der Waals surface area contributed by atoms with Crippen LogP contribution in [0.3, 0.4) is 0 Å². The molecular formula is C69H47N. The SMILES string of the molecule is c1ccc(-c2ccc(-c3ccc(N(c4ccc(-c5cccc6ccccc56)cc4)c4cccc5c4-c4ccccc4C5(c4ccccc4)c4ccc(-c5cccc6ccccc56)cc4)cc3)cc2)cc1. The molecule has 1 aliphatic rings. The van der Waals surface area contributed by atoms with Crippen molar-refractivity contribution in [2.24, 2.45) is 0 Å². The van der Waals surface area contributed by atoms with Crippen molar-refractivity contribution < 1.29 is 0 Å². The lowest BCUT2D eigenvalue weighted by molar-refractivity contribution is 0.768. The summed E-state index contributed by atoms with van der Waals surface area (Å²) in [6.07, 6.45) is 0. The summed E-state index contributed by atoms with van der Waals surface area (Å²) in [5.41, 5.74) is 19.9. The van der Waals surface area contributed by atoms with Gasteiger partial charge in [0.05, 0.1) is 11.1 Å². The molecule has 0 radical (unpaired) electrons. The third kappa shape index (κ3) is 6.86. The molecule has 1 atom stereocenters. The zero-order valence-electron chi connectivity index (χ0n) is 38.6. The standard InChI is InChI=1S/C69H47N/c1-3-16-48(17-4-1)49-32-34-50(35-33-49)51-38-44-58(45-39-51)70(59-46-40-55(41-47-59)63-28-14-21-53-19-8-10-25-61(53)63)67-31-15-30-66-68(67)64-26-11-12-29-65(64)69(66,56-22-5-2-6-23-56)57-42-36-54(37-43-57)62-27-13-20-52-18-7-9-24-60(52)62/h1-47H. The van der Waals surface area contributed by atoms with Crippen LogP contribution in [-0.4, -0.2) is 0 Å². The molecule has 1 unspecified atom stereocenters. The lowest BCUT2D eigenvalue weighted by atomic mass is 9.67. The molecule has 1 heteroatoms. The highest BCUT2D eigenvalue weighted by molar-refractivity contribution is 6.00. The highest BCUT2D eigenvalue weighted by atomic mass is 15.1. The summed E-state index contributed by atoms with van der Waals surface area (Å²) >= 11 is 0. The van der Waals surface area contributed by atoms with Crippen LogP contribution in [0.15, 0.2) is 285 Å². The average molecular weight is 890 g/mol. The fourth-order valence-electron chi connectivity index (χ4n) is 11.3. The molecule has 0 N–H and O–H groups in total. The molecule has 0 aliphatic heterocycles. The fourth-order valence-corrected chi connectivity index (χ4v) is 11.3. The minimum atomic E-state index is -0.583. The predicted molar refractivity (Wildman–Crippen MR) is 295 cm³/mol. The summed E-state index contributed by atoms with van der Waals surface area (Å²) in [6, 6.07) is 105. The summed E-state index contributed by atoms with van der Waals surface area (Å²) in [5, 5.41) is 5.00. The van der Waals surface area contributed by atoms with E-state index in [0.717, 1.165) is 17.1 Å². The highest BCUT2D eigenvalue weighted by Gasteiger charge is 2.47. The van der Waals surface area contributed by atoms with Gasteiger partial charge >= 0.3 is 0 Å².